The Bertz CT molecular complexity index is 1270. The lowest BCUT2D eigenvalue weighted by atomic mass is 10.1. The predicted octanol–water partition coefficient (Wildman–Crippen LogP) is 7.25. The molecular formula is C27H32ClN3O3SSi. The van der Waals surface area contributed by atoms with Crippen LogP contribution < -0.4 is 15.5 Å². The van der Waals surface area contributed by atoms with Crippen molar-refractivity contribution in [1.29, 1.82) is 0 Å². The Labute approximate surface area is 222 Å². The summed E-state index contributed by atoms with van der Waals surface area (Å²) in [5, 5.41) is 6.53. The van der Waals surface area contributed by atoms with E-state index in [1.807, 2.05) is 30.3 Å². The van der Waals surface area contributed by atoms with Crippen LogP contribution in [0.25, 0.3) is 0 Å². The Morgan fingerprint density at radius 3 is 2.47 bits per heavy atom. The van der Waals surface area contributed by atoms with Gasteiger partial charge in [-0.1, -0.05) is 38.4 Å². The number of thiophene rings is 1. The molecule has 0 saturated carbocycles. The number of carbonyl (C=O) groups excluding carboxylic acids is 2. The predicted molar refractivity (Wildman–Crippen MR) is 152 cm³/mol. The van der Waals surface area contributed by atoms with Gasteiger partial charge in [0.2, 0.25) is 0 Å². The van der Waals surface area contributed by atoms with Crippen molar-refractivity contribution in [3.63, 3.8) is 0 Å². The molecule has 9 heteroatoms. The van der Waals surface area contributed by atoms with Gasteiger partial charge < -0.3 is 20.0 Å². The summed E-state index contributed by atoms with van der Waals surface area (Å²) in [5.74, 6) is -0.317. The lowest BCUT2D eigenvalue weighted by Gasteiger charge is -2.36. The van der Waals surface area contributed by atoms with Gasteiger partial charge in [-0.05, 0) is 66.7 Å². The largest absolute Gasteiger partial charge is 0.415 e. The number of nitrogens with one attached hydrogen (secondary N) is 2. The van der Waals surface area contributed by atoms with Crippen LogP contribution in [0.1, 0.15) is 46.4 Å². The van der Waals surface area contributed by atoms with Gasteiger partial charge in [-0.3, -0.25) is 9.59 Å². The molecule has 1 aliphatic rings. The van der Waals surface area contributed by atoms with Crippen LogP contribution in [0.3, 0.4) is 0 Å². The van der Waals surface area contributed by atoms with E-state index in [-0.39, 0.29) is 16.9 Å². The Hall–Kier alpha value is -2.65. The summed E-state index contributed by atoms with van der Waals surface area (Å²) < 4.78 is 6.78. The van der Waals surface area contributed by atoms with E-state index in [9.17, 15) is 9.59 Å². The van der Waals surface area contributed by atoms with Crippen molar-refractivity contribution in [1.82, 2.24) is 0 Å². The number of halogens is 1. The first-order valence-corrected chi connectivity index (χ1v) is 16.0. The molecule has 0 bridgehead atoms. The Morgan fingerprint density at radius 2 is 1.83 bits per heavy atom. The fourth-order valence-corrected chi connectivity index (χ4v) is 5.74. The highest BCUT2D eigenvalue weighted by Gasteiger charge is 2.37. The number of nitrogens with zero attached hydrogens (tertiary/aromatic N) is 1. The summed E-state index contributed by atoms with van der Waals surface area (Å²) in [6.45, 7) is 13.0. The number of benzene rings is 2. The lowest BCUT2D eigenvalue weighted by Crippen LogP contribution is -2.41. The summed E-state index contributed by atoms with van der Waals surface area (Å²) in [7, 11) is -1.76. The molecule has 0 unspecified atom stereocenters. The van der Waals surface area contributed by atoms with Crippen LogP contribution in [0.2, 0.25) is 22.5 Å². The van der Waals surface area contributed by atoms with Crippen LogP contribution in [-0.2, 0) is 11.0 Å². The molecule has 0 saturated heterocycles. The topological polar surface area (TPSA) is 70.7 Å². The maximum absolute atomic E-state index is 13.1. The quantitative estimate of drug-likeness (QED) is 0.233. The fourth-order valence-electron chi connectivity index (χ4n) is 3.76. The molecule has 0 spiro atoms. The molecule has 1 aromatic heterocycles. The number of anilines is 3. The first-order valence-electron chi connectivity index (χ1n) is 11.9. The van der Waals surface area contributed by atoms with Crippen LogP contribution in [-0.4, -0.2) is 33.3 Å². The molecule has 2 aromatic carbocycles. The number of hydrogen-bond acceptors (Lipinski definition) is 5. The highest BCUT2D eigenvalue weighted by molar-refractivity contribution is 7.18. The normalized spacial score (nSPS) is 13.6. The van der Waals surface area contributed by atoms with Crippen LogP contribution in [0.4, 0.5) is 17.1 Å². The molecule has 190 valence electrons. The van der Waals surface area contributed by atoms with E-state index < -0.39 is 8.32 Å². The van der Waals surface area contributed by atoms with Gasteiger partial charge >= 0.3 is 0 Å². The van der Waals surface area contributed by atoms with Crippen molar-refractivity contribution in [3.8, 4) is 0 Å². The summed E-state index contributed by atoms with van der Waals surface area (Å²) in [6.07, 6.45) is 0. The summed E-state index contributed by atoms with van der Waals surface area (Å²) in [4.78, 5) is 28.0. The number of rotatable bonds is 8. The van der Waals surface area contributed by atoms with Gasteiger partial charge in [-0.15, -0.1) is 11.3 Å². The molecule has 0 aliphatic carbocycles. The highest BCUT2D eigenvalue weighted by Crippen LogP contribution is 2.36. The van der Waals surface area contributed by atoms with Crippen molar-refractivity contribution in [3.05, 3.63) is 74.9 Å². The molecule has 1 aliphatic heterocycles. The van der Waals surface area contributed by atoms with Gasteiger partial charge in [-0.2, -0.15) is 0 Å². The number of fused-ring (bicyclic) bond motifs is 1. The summed E-state index contributed by atoms with van der Waals surface area (Å²) in [5.41, 5.74) is 3.83. The molecule has 2 N–H and O–H groups in total. The zero-order valence-electron chi connectivity index (χ0n) is 21.3. The summed E-state index contributed by atoms with van der Waals surface area (Å²) >= 11 is 7.19. The fraction of sp³-hybridized carbons (Fsp3) is 0.333. The van der Waals surface area contributed by atoms with Crippen molar-refractivity contribution >= 4 is 60.1 Å². The molecule has 36 heavy (non-hydrogen) atoms. The molecule has 4 rings (SSSR count). The van der Waals surface area contributed by atoms with Crippen molar-refractivity contribution in [2.75, 3.05) is 28.7 Å². The van der Waals surface area contributed by atoms with Gasteiger partial charge in [0.05, 0.1) is 22.4 Å². The maximum atomic E-state index is 13.1. The standard InChI is InChI=1S/C27H32ClN3O3SSi/c1-27(2,3)36(4,5)34-16-15-29-18-9-11-19(12-10-18)31-17-21-20(26(31)33)7-6-8-22(21)30-25(32)23-13-14-24(28)35-23/h6-14,29H,15-17H2,1-5H3,(H,30,32). The zero-order valence-corrected chi connectivity index (χ0v) is 23.8. The third-order valence-corrected chi connectivity index (χ3v) is 12.7. The average Bonchev–Trinajstić information content (AvgIpc) is 3.41. The second kappa shape index (κ2) is 10.4. The van der Waals surface area contributed by atoms with Gasteiger partial charge in [-0.25, -0.2) is 0 Å². The van der Waals surface area contributed by atoms with E-state index in [4.69, 9.17) is 16.0 Å². The van der Waals surface area contributed by atoms with E-state index in [0.29, 0.717) is 33.6 Å². The van der Waals surface area contributed by atoms with E-state index in [1.54, 1.807) is 29.2 Å². The second-order valence-corrected chi connectivity index (χ2v) is 16.9. The highest BCUT2D eigenvalue weighted by atomic mass is 35.5. The average molecular weight is 542 g/mol. The molecule has 0 radical (unpaired) electrons. The smallest absolute Gasteiger partial charge is 0.265 e. The molecule has 2 amide bonds. The SMILES string of the molecule is CC(C)(C)[Si](C)(C)OCCNc1ccc(N2Cc3c(NC(=O)c4ccc(Cl)s4)cccc3C2=O)cc1. The monoisotopic (exact) mass is 541 g/mol. The molecule has 2 heterocycles. The molecule has 0 fully saturated rings. The van der Waals surface area contributed by atoms with Gasteiger partial charge in [0.15, 0.2) is 8.32 Å². The minimum atomic E-state index is -1.76. The molecule has 6 nitrogen and oxygen atoms in total. The van der Waals surface area contributed by atoms with E-state index in [2.05, 4.69) is 44.5 Å². The lowest BCUT2D eigenvalue weighted by molar-refractivity contribution is 0.0994. The van der Waals surface area contributed by atoms with E-state index in [1.165, 1.54) is 11.3 Å². The molecule has 0 atom stereocenters. The zero-order chi connectivity index (χ0) is 26.1. The molecular weight excluding hydrogens is 510 g/mol. The minimum Gasteiger partial charge on any atom is -0.415 e. The Morgan fingerprint density at radius 1 is 1.11 bits per heavy atom. The van der Waals surface area contributed by atoms with Crippen LogP contribution >= 0.6 is 22.9 Å². The number of hydrogen-bond donors (Lipinski definition) is 2. The maximum Gasteiger partial charge on any atom is 0.265 e. The third kappa shape index (κ3) is 5.67. The summed E-state index contributed by atoms with van der Waals surface area (Å²) in [6, 6.07) is 16.6. The van der Waals surface area contributed by atoms with E-state index >= 15 is 0 Å². The first kappa shape index (κ1) is 26.4. The van der Waals surface area contributed by atoms with E-state index in [0.717, 1.165) is 23.5 Å². The number of carbonyl (C=O) groups is 2. The van der Waals surface area contributed by atoms with Gasteiger partial charge in [0, 0.05) is 34.7 Å². The third-order valence-electron chi connectivity index (χ3n) is 6.89. The van der Waals surface area contributed by atoms with Crippen molar-refractivity contribution < 1.29 is 14.0 Å². The van der Waals surface area contributed by atoms with Crippen LogP contribution in [0.15, 0.2) is 54.6 Å². The van der Waals surface area contributed by atoms with Gasteiger partial charge in [0.25, 0.3) is 11.8 Å². The Balaban J connectivity index is 1.38. The second-order valence-electron chi connectivity index (χ2n) is 10.4. The number of amides is 2. The van der Waals surface area contributed by atoms with Gasteiger partial charge in [0.1, 0.15) is 0 Å². The van der Waals surface area contributed by atoms with Crippen LogP contribution in [0, 0.1) is 0 Å². The van der Waals surface area contributed by atoms with Crippen molar-refractivity contribution in [2.45, 2.75) is 45.4 Å². The minimum absolute atomic E-state index is 0.0799. The van der Waals surface area contributed by atoms with Crippen molar-refractivity contribution in [2.24, 2.45) is 0 Å². The molecule has 3 aromatic rings. The first-order chi connectivity index (χ1) is 17.0. The Kier molecular flexibility index (Phi) is 7.61. The van der Waals surface area contributed by atoms with Crippen LogP contribution in [0.5, 0.6) is 0 Å².